The highest BCUT2D eigenvalue weighted by molar-refractivity contribution is 7.47. The van der Waals surface area contributed by atoms with Crippen molar-refractivity contribution >= 4 is 13.8 Å². The van der Waals surface area contributed by atoms with Crippen LogP contribution in [0.1, 0.15) is 206 Å². The fourth-order valence-electron chi connectivity index (χ4n) is 6.71. The molecule has 0 heterocycles. The second-order valence-corrected chi connectivity index (χ2v) is 18.3. The molecule has 64 heavy (non-hydrogen) atoms. The average Bonchev–Trinajstić information content (AvgIpc) is 3.29. The quantitative estimate of drug-likeness (QED) is 0.0236. The summed E-state index contributed by atoms with van der Waals surface area (Å²) in [4.78, 5) is 22.7. The molecule has 0 amide bonds. The van der Waals surface area contributed by atoms with Crippen LogP contribution >= 0.6 is 7.82 Å². The lowest BCUT2D eigenvalue weighted by atomic mass is 10.1. The monoisotopic (exact) mass is 919 g/mol. The van der Waals surface area contributed by atoms with Gasteiger partial charge < -0.3 is 24.6 Å². The molecule has 370 valence electrons. The van der Waals surface area contributed by atoms with Gasteiger partial charge in [0.15, 0.2) is 0 Å². The Morgan fingerprint density at radius 1 is 0.500 bits per heavy atom. The minimum absolute atomic E-state index is 0.0346. The van der Waals surface area contributed by atoms with Crippen molar-refractivity contribution < 1.29 is 43.0 Å². The molecule has 0 rings (SSSR count). The summed E-state index contributed by atoms with van der Waals surface area (Å²) in [6.07, 6.45) is 62.6. The number of hydrogen-bond donors (Lipinski definition) is 3. The molecule has 0 fully saturated rings. The van der Waals surface area contributed by atoms with Crippen molar-refractivity contribution in [2.24, 2.45) is 0 Å². The van der Waals surface area contributed by atoms with Gasteiger partial charge in [-0.15, -0.1) is 0 Å². The number of hydrogen-bond acceptors (Lipinski definition) is 8. The lowest BCUT2D eigenvalue weighted by Crippen LogP contribution is -2.29. The zero-order valence-corrected chi connectivity index (χ0v) is 41.6. The molecule has 0 aliphatic heterocycles. The highest BCUT2D eigenvalue weighted by atomic mass is 31.2. The molecule has 3 unspecified atom stereocenters. The maximum Gasteiger partial charge on any atom is 0.472 e. The summed E-state index contributed by atoms with van der Waals surface area (Å²) < 4.78 is 33.5. The molecule has 0 aliphatic rings. The van der Waals surface area contributed by atoms with Gasteiger partial charge in [-0.05, 0) is 89.9 Å². The molecule has 0 aliphatic carbocycles. The van der Waals surface area contributed by atoms with E-state index in [9.17, 15) is 19.4 Å². The molecule has 0 aromatic rings. The first-order valence-corrected chi connectivity index (χ1v) is 27.1. The number of rotatable bonds is 48. The Morgan fingerprint density at radius 2 is 0.891 bits per heavy atom. The van der Waals surface area contributed by atoms with E-state index in [0.717, 1.165) is 89.9 Å². The lowest BCUT2D eigenvalue weighted by Gasteiger charge is -2.20. The first-order valence-electron chi connectivity index (χ1n) is 25.6. The zero-order chi connectivity index (χ0) is 46.7. The van der Waals surface area contributed by atoms with Crippen molar-refractivity contribution in [1.29, 1.82) is 0 Å². The molecular formula is C54H95O9P. The molecule has 0 saturated heterocycles. The van der Waals surface area contributed by atoms with Crippen molar-refractivity contribution in [3.63, 3.8) is 0 Å². The van der Waals surface area contributed by atoms with E-state index in [1.54, 1.807) is 0 Å². The predicted octanol–water partition coefficient (Wildman–Crippen LogP) is 15.0. The van der Waals surface area contributed by atoms with E-state index >= 15 is 0 Å². The first-order chi connectivity index (χ1) is 31.3. The molecule has 0 saturated carbocycles. The van der Waals surface area contributed by atoms with E-state index in [1.165, 1.54) is 89.9 Å². The largest absolute Gasteiger partial charge is 0.472 e. The Bertz CT molecular complexity index is 1270. The second kappa shape index (κ2) is 50.1. The van der Waals surface area contributed by atoms with Gasteiger partial charge in [-0.3, -0.25) is 13.8 Å². The number of esters is 1. The summed E-state index contributed by atoms with van der Waals surface area (Å²) in [6, 6.07) is 0. The summed E-state index contributed by atoms with van der Waals surface area (Å²) in [7, 11) is -4.54. The third kappa shape index (κ3) is 49.1. The Balaban J connectivity index is 4.15. The second-order valence-electron chi connectivity index (χ2n) is 16.8. The average molecular weight is 919 g/mol. The molecular weight excluding hydrogens is 824 g/mol. The fourth-order valence-corrected chi connectivity index (χ4v) is 7.50. The van der Waals surface area contributed by atoms with E-state index in [1.807, 2.05) is 0 Å². The van der Waals surface area contributed by atoms with E-state index in [4.69, 9.17) is 23.6 Å². The Morgan fingerprint density at radius 3 is 1.34 bits per heavy atom. The van der Waals surface area contributed by atoms with Crippen LogP contribution in [0.5, 0.6) is 0 Å². The number of phosphoric acid groups is 1. The molecule has 0 bridgehead atoms. The third-order valence-corrected chi connectivity index (χ3v) is 11.5. The summed E-state index contributed by atoms with van der Waals surface area (Å²) >= 11 is 0. The predicted molar refractivity (Wildman–Crippen MR) is 269 cm³/mol. The number of unbranched alkanes of at least 4 members (excludes halogenated alkanes) is 20. The van der Waals surface area contributed by atoms with Crippen LogP contribution in [0.2, 0.25) is 0 Å². The van der Waals surface area contributed by atoms with Gasteiger partial charge >= 0.3 is 13.8 Å². The van der Waals surface area contributed by atoms with Crippen LogP contribution in [-0.4, -0.2) is 66.3 Å². The molecule has 9 nitrogen and oxygen atoms in total. The maximum atomic E-state index is 12.7. The van der Waals surface area contributed by atoms with Crippen LogP contribution in [0.3, 0.4) is 0 Å². The number of phosphoric ester groups is 1. The Labute approximate surface area is 392 Å². The summed E-state index contributed by atoms with van der Waals surface area (Å²) in [6.45, 7) is 3.36. The van der Waals surface area contributed by atoms with Crippen LogP contribution in [-0.2, 0) is 27.9 Å². The zero-order valence-electron chi connectivity index (χ0n) is 40.7. The summed E-state index contributed by atoms with van der Waals surface area (Å²) in [5.41, 5.74) is 0. The van der Waals surface area contributed by atoms with E-state index < -0.39 is 45.8 Å². The third-order valence-electron chi connectivity index (χ3n) is 10.6. The topological polar surface area (TPSA) is 132 Å². The molecule has 0 aromatic carbocycles. The normalized spacial score (nSPS) is 14.5. The van der Waals surface area contributed by atoms with Crippen LogP contribution in [0.25, 0.3) is 0 Å². The SMILES string of the molecule is CC/C=C\C/C=C\C/C=C\C/C=C\C/C=C\CCCCCCCC(=O)OC(COCCCCCCCCCCCC/C=C\C/C=C\CCCCCCC)COP(=O)(O)OCC(O)CO. The van der Waals surface area contributed by atoms with Gasteiger partial charge in [-0.2, -0.15) is 0 Å². The molecule has 10 heteroatoms. The molecule has 3 N–H and O–H groups in total. The molecule has 0 aromatic heterocycles. The van der Waals surface area contributed by atoms with Crippen LogP contribution < -0.4 is 0 Å². The van der Waals surface area contributed by atoms with Crippen LogP contribution in [0.4, 0.5) is 0 Å². The standard InChI is InChI=1S/C54H95O9P/c1-3-5-7-9-11-13-15-17-19-21-23-25-27-29-31-33-35-37-39-41-43-45-47-60-50-53(51-62-64(58,59)61-49-52(56)48-55)63-54(57)46-44-42-40-38-36-34-32-30-28-26-24-22-20-18-16-14-12-10-8-6-4-2/h6,8,12,14-15,17-18,20-21,23-24,26,30,32,52-53,55-56H,3-5,7,9-11,13,16,19,22,25,27-29,31,33-51H2,1-2H3,(H,58,59)/b8-6-,14-12-,17-15-,20-18-,23-21-,26-24-,32-30-. The van der Waals surface area contributed by atoms with Crippen LogP contribution in [0.15, 0.2) is 85.1 Å². The van der Waals surface area contributed by atoms with Gasteiger partial charge in [0.25, 0.3) is 0 Å². The van der Waals surface area contributed by atoms with E-state index in [0.29, 0.717) is 13.0 Å². The van der Waals surface area contributed by atoms with Crippen molar-refractivity contribution in [2.75, 3.05) is 33.0 Å². The minimum Gasteiger partial charge on any atom is -0.457 e. The number of aliphatic hydroxyl groups is 2. The molecule has 0 spiro atoms. The van der Waals surface area contributed by atoms with E-state index in [-0.39, 0.29) is 13.0 Å². The maximum absolute atomic E-state index is 12.7. The first kappa shape index (κ1) is 61.6. The highest BCUT2D eigenvalue weighted by Crippen LogP contribution is 2.43. The summed E-state index contributed by atoms with van der Waals surface area (Å²) in [5.74, 6) is -0.404. The van der Waals surface area contributed by atoms with Gasteiger partial charge in [0.1, 0.15) is 12.2 Å². The molecule has 0 radical (unpaired) electrons. The van der Waals surface area contributed by atoms with Gasteiger partial charge in [0.05, 0.1) is 26.4 Å². The number of carbonyl (C=O) groups is 1. The molecule has 3 atom stereocenters. The van der Waals surface area contributed by atoms with Crippen molar-refractivity contribution in [3.8, 4) is 0 Å². The Kier molecular flexibility index (Phi) is 48.2. The smallest absolute Gasteiger partial charge is 0.457 e. The highest BCUT2D eigenvalue weighted by Gasteiger charge is 2.26. The van der Waals surface area contributed by atoms with E-state index in [2.05, 4.69) is 98.9 Å². The number of allylic oxidation sites excluding steroid dienone is 14. The fraction of sp³-hybridized carbons (Fsp3) is 0.722. The Hall–Kier alpha value is -2.36. The van der Waals surface area contributed by atoms with Gasteiger partial charge in [-0.25, -0.2) is 4.57 Å². The summed E-state index contributed by atoms with van der Waals surface area (Å²) in [5, 5.41) is 18.4. The van der Waals surface area contributed by atoms with Crippen LogP contribution in [0, 0.1) is 0 Å². The number of aliphatic hydroxyl groups excluding tert-OH is 2. The van der Waals surface area contributed by atoms with Gasteiger partial charge in [0.2, 0.25) is 0 Å². The lowest BCUT2D eigenvalue weighted by molar-refractivity contribution is -0.154. The minimum atomic E-state index is -4.54. The van der Waals surface area contributed by atoms with Gasteiger partial charge in [0, 0.05) is 13.0 Å². The van der Waals surface area contributed by atoms with Crippen molar-refractivity contribution in [1.82, 2.24) is 0 Å². The number of ether oxygens (including phenoxy) is 2. The number of carbonyl (C=O) groups excluding carboxylic acids is 1. The van der Waals surface area contributed by atoms with Crippen molar-refractivity contribution in [3.05, 3.63) is 85.1 Å². The van der Waals surface area contributed by atoms with Crippen molar-refractivity contribution in [2.45, 2.75) is 219 Å². The van der Waals surface area contributed by atoms with Gasteiger partial charge in [-0.1, -0.05) is 195 Å².